The van der Waals surface area contributed by atoms with E-state index in [0.717, 1.165) is 6.42 Å². The molecule has 104 valence electrons. The predicted molar refractivity (Wildman–Crippen MR) is 71.7 cm³/mol. The van der Waals surface area contributed by atoms with Crippen molar-refractivity contribution in [2.24, 2.45) is 0 Å². The molecule has 3 N–H and O–H groups in total. The molecule has 20 heavy (non-hydrogen) atoms. The van der Waals surface area contributed by atoms with Crippen molar-refractivity contribution in [1.29, 1.82) is 0 Å². The van der Waals surface area contributed by atoms with E-state index in [1.807, 2.05) is 0 Å². The van der Waals surface area contributed by atoms with Crippen molar-refractivity contribution in [2.75, 3.05) is 13.2 Å². The van der Waals surface area contributed by atoms with E-state index in [9.17, 15) is 9.59 Å². The van der Waals surface area contributed by atoms with Crippen LogP contribution in [0, 0.1) is 11.8 Å². The molecule has 1 aliphatic heterocycles. The van der Waals surface area contributed by atoms with Crippen molar-refractivity contribution < 1.29 is 14.7 Å². The van der Waals surface area contributed by atoms with Gasteiger partial charge in [0.25, 0.3) is 5.91 Å². The smallest absolute Gasteiger partial charge is 0.252 e. The summed E-state index contributed by atoms with van der Waals surface area (Å²) in [5.74, 6) is 4.93. The topological polar surface area (TPSA) is 91.3 Å². The number of hydrogen-bond acceptors (Lipinski definition) is 4. The molecule has 2 heterocycles. The number of amides is 2. The van der Waals surface area contributed by atoms with Gasteiger partial charge in [-0.3, -0.25) is 14.6 Å². The van der Waals surface area contributed by atoms with Gasteiger partial charge in [-0.1, -0.05) is 11.8 Å². The zero-order chi connectivity index (χ0) is 14.4. The van der Waals surface area contributed by atoms with Gasteiger partial charge in [-0.25, -0.2) is 0 Å². The fourth-order valence-electron chi connectivity index (χ4n) is 1.97. The Hall–Kier alpha value is -2.39. The minimum atomic E-state index is -0.274. The second-order valence-electron chi connectivity index (χ2n) is 4.39. The van der Waals surface area contributed by atoms with E-state index >= 15 is 0 Å². The Morgan fingerprint density at radius 3 is 3.15 bits per heavy atom. The Morgan fingerprint density at radius 1 is 1.60 bits per heavy atom. The van der Waals surface area contributed by atoms with Crippen molar-refractivity contribution in [2.45, 2.75) is 18.9 Å². The minimum Gasteiger partial charge on any atom is -0.384 e. The second-order valence-corrected chi connectivity index (χ2v) is 4.39. The summed E-state index contributed by atoms with van der Waals surface area (Å²) >= 11 is 0. The van der Waals surface area contributed by atoms with Crippen LogP contribution in [0.3, 0.4) is 0 Å². The lowest BCUT2D eigenvalue weighted by Gasteiger charge is -2.11. The van der Waals surface area contributed by atoms with E-state index in [-0.39, 0.29) is 24.5 Å². The van der Waals surface area contributed by atoms with Crippen LogP contribution in [-0.2, 0) is 4.79 Å². The van der Waals surface area contributed by atoms with Crippen LogP contribution in [0.2, 0.25) is 0 Å². The highest BCUT2D eigenvalue weighted by atomic mass is 16.2. The fraction of sp³-hybridized carbons (Fsp3) is 0.357. The first-order valence-electron chi connectivity index (χ1n) is 6.32. The van der Waals surface area contributed by atoms with Crippen molar-refractivity contribution in [1.82, 2.24) is 15.6 Å². The lowest BCUT2D eigenvalue weighted by atomic mass is 10.1. The average Bonchev–Trinajstić information content (AvgIpc) is 2.88. The van der Waals surface area contributed by atoms with Crippen LogP contribution in [0.25, 0.3) is 0 Å². The van der Waals surface area contributed by atoms with Gasteiger partial charge in [-0.2, -0.15) is 0 Å². The summed E-state index contributed by atoms with van der Waals surface area (Å²) in [6.45, 7) is 0.115. The summed E-state index contributed by atoms with van der Waals surface area (Å²) in [5, 5.41) is 14.2. The standard InChI is InChI=1S/C14H15N3O3/c18-7-1-2-10-8-15-6-5-12(10)14(20)16-9-11-3-4-13(19)17-11/h5-6,8,11,18H,3-4,7,9H2,(H,16,20)(H,17,19). The summed E-state index contributed by atoms with van der Waals surface area (Å²) in [7, 11) is 0. The fourth-order valence-corrected chi connectivity index (χ4v) is 1.97. The van der Waals surface area contributed by atoms with Gasteiger partial charge in [0, 0.05) is 31.4 Å². The molecule has 0 aliphatic carbocycles. The van der Waals surface area contributed by atoms with E-state index in [1.165, 1.54) is 12.4 Å². The van der Waals surface area contributed by atoms with Gasteiger partial charge < -0.3 is 15.7 Å². The Balaban J connectivity index is 2.00. The number of hydrogen-bond donors (Lipinski definition) is 3. The molecule has 0 bridgehead atoms. The van der Waals surface area contributed by atoms with Crippen LogP contribution < -0.4 is 10.6 Å². The number of nitrogens with one attached hydrogen (secondary N) is 2. The molecular weight excluding hydrogens is 258 g/mol. The molecule has 2 rings (SSSR count). The third-order valence-electron chi connectivity index (χ3n) is 2.96. The zero-order valence-corrected chi connectivity index (χ0v) is 10.8. The highest BCUT2D eigenvalue weighted by Gasteiger charge is 2.21. The molecule has 0 radical (unpaired) electrons. The van der Waals surface area contributed by atoms with Gasteiger partial charge >= 0.3 is 0 Å². The average molecular weight is 273 g/mol. The van der Waals surface area contributed by atoms with Crippen LogP contribution in [0.5, 0.6) is 0 Å². The molecule has 0 saturated carbocycles. The zero-order valence-electron chi connectivity index (χ0n) is 10.8. The van der Waals surface area contributed by atoms with Crippen molar-refractivity contribution in [3.8, 4) is 11.8 Å². The molecule has 1 aromatic heterocycles. The van der Waals surface area contributed by atoms with Crippen LogP contribution in [0.1, 0.15) is 28.8 Å². The number of carbonyl (C=O) groups is 2. The van der Waals surface area contributed by atoms with E-state index in [1.54, 1.807) is 6.07 Å². The molecule has 1 atom stereocenters. The van der Waals surface area contributed by atoms with Gasteiger partial charge in [0.05, 0.1) is 11.1 Å². The number of pyridine rings is 1. The van der Waals surface area contributed by atoms with Gasteiger partial charge in [-0.05, 0) is 12.5 Å². The Bertz CT molecular complexity index is 575. The Labute approximate surface area is 116 Å². The third kappa shape index (κ3) is 3.56. The quantitative estimate of drug-likeness (QED) is 0.643. The SMILES string of the molecule is O=C1CCC(CNC(=O)c2ccncc2C#CCO)N1. The molecule has 1 unspecified atom stereocenters. The third-order valence-corrected chi connectivity index (χ3v) is 2.96. The van der Waals surface area contributed by atoms with Gasteiger partial charge in [0.2, 0.25) is 5.91 Å². The van der Waals surface area contributed by atoms with Crippen LogP contribution >= 0.6 is 0 Å². The molecule has 1 fully saturated rings. The number of rotatable bonds is 3. The summed E-state index contributed by atoms with van der Waals surface area (Å²) in [6, 6.07) is 1.56. The van der Waals surface area contributed by atoms with Gasteiger partial charge in [0.15, 0.2) is 0 Å². The summed E-state index contributed by atoms with van der Waals surface area (Å²) in [6.07, 6.45) is 4.22. The maximum atomic E-state index is 12.1. The molecule has 2 amide bonds. The number of aromatic nitrogens is 1. The monoisotopic (exact) mass is 273 g/mol. The normalized spacial score (nSPS) is 17.1. The first-order valence-corrected chi connectivity index (χ1v) is 6.32. The highest BCUT2D eigenvalue weighted by Crippen LogP contribution is 2.07. The molecular formula is C14H15N3O3. The van der Waals surface area contributed by atoms with Crippen molar-refractivity contribution in [3.63, 3.8) is 0 Å². The number of aliphatic hydroxyl groups is 1. The molecule has 1 saturated heterocycles. The largest absolute Gasteiger partial charge is 0.384 e. The van der Waals surface area contributed by atoms with Gasteiger partial charge in [0.1, 0.15) is 6.61 Å². The van der Waals surface area contributed by atoms with E-state index < -0.39 is 0 Å². The van der Waals surface area contributed by atoms with E-state index in [4.69, 9.17) is 5.11 Å². The molecule has 0 spiro atoms. The first-order chi connectivity index (χ1) is 9.70. The van der Waals surface area contributed by atoms with Crippen LogP contribution in [-0.4, -0.2) is 41.1 Å². The lowest BCUT2D eigenvalue weighted by molar-refractivity contribution is -0.119. The Kier molecular flexibility index (Phi) is 4.69. The van der Waals surface area contributed by atoms with Crippen molar-refractivity contribution >= 4 is 11.8 Å². The number of nitrogens with zero attached hydrogens (tertiary/aromatic N) is 1. The molecule has 6 heteroatoms. The van der Waals surface area contributed by atoms with Crippen LogP contribution in [0.15, 0.2) is 18.5 Å². The molecule has 1 aromatic rings. The summed E-state index contributed by atoms with van der Waals surface area (Å²) in [4.78, 5) is 27.1. The Morgan fingerprint density at radius 2 is 2.45 bits per heavy atom. The predicted octanol–water partition coefficient (Wildman–Crippen LogP) is -0.566. The number of carbonyl (C=O) groups excluding carboxylic acids is 2. The van der Waals surface area contributed by atoms with E-state index in [2.05, 4.69) is 27.5 Å². The number of aliphatic hydroxyl groups excluding tert-OH is 1. The first kappa shape index (κ1) is 14.0. The molecule has 1 aliphatic rings. The highest BCUT2D eigenvalue weighted by molar-refractivity contribution is 5.96. The van der Waals surface area contributed by atoms with E-state index in [0.29, 0.717) is 24.1 Å². The van der Waals surface area contributed by atoms with Crippen molar-refractivity contribution in [3.05, 3.63) is 29.6 Å². The minimum absolute atomic E-state index is 0.0136. The summed E-state index contributed by atoms with van der Waals surface area (Å²) in [5.41, 5.74) is 0.875. The van der Waals surface area contributed by atoms with Gasteiger partial charge in [-0.15, -0.1) is 0 Å². The lowest BCUT2D eigenvalue weighted by Crippen LogP contribution is -2.38. The second kappa shape index (κ2) is 6.68. The summed E-state index contributed by atoms with van der Waals surface area (Å²) < 4.78 is 0. The maximum absolute atomic E-state index is 12.1. The molecule has 6 nitrogen and oxygen atoms in total. The maximum Gasteiger partial charge on any atom is 0.252 e. The molecule has 0 aromatic carbocycles. The van der Waals surface area contributed by atoms with Crippen LogP contribution in [0.4, 0.5) is 0 Å².